The van der Waals surface area contributed by atoms with Gasteiger partial charge in [-0.2, -0.15) is 0 Å². The van der Waals surface area contributed by atoms with Gasteiger partial charge in [-0.15, -0.1) is 0 Å². The lowest BCUT2D eigenvalue weighted by Gasteiger charge is -2.25. The topological polar surface area (TPSA) is 63.7 Å². The summed E-state index contributed by atoms with van der Waals surface area (Å²) in [6.45, 7) is 1.30. The van der Waals surface area contributed by atoms with Crippen molar-refractivity contribution in [2.45, 2.75) is 11.8 Å². The number of carbonyl (C=O) groups is 1. The first-order valence-electron chi connectivity index (χ1n) is 6.87. The second kappa shape index (κ2) is 7.42. The van der Waals surface area contributed by atoms with E-state index in [-0.39, 0.29) is 16.3 Å². The zero-order valence-corrected chi connectivity index (χ0v) is 15.3. The molecule has 128 valence electrons. The van der Waals surface area contributed by atoms with Gasteiger partial charge < -0.3 is 4.74 Å². The summed E-state index contributed by atoms with van der Waals surface area (Å²) >= 11 is 11.4. The molecule has 0 heterocycles. The van der Waals surface area contributed by atoms with Gasteiger partial charge in [0.1, 0.15) is 12.3 Å². The van der Waals surface area contributed by atoms with Crippen LogP contribution < -0.4 is 9.04 Å². The van der Waals surface area contributed by atoms with Gasteiger partial charge in [-0.25, -0.2) is 8.42 Å². The Labute approximate surface area is 150 Å². The van der Waals surface area contributed by atoms with Crippen LogP contribution in [0.25, 0.3) is 0 Å². The summed E-state index contributed by atoms with van der Waals surface area (Å²) in [5.74, 6) is 0.257. The summed E-state index contributed by atoms with van der Waals surface area (Å²) in [5.41, 5.74) is 1.05. The van der Waals surface area contributed by atoms with Crippen molar-refractivity contribution < 1.29 is 17.9 Å². The molecule has 0 atom stereocenters. The zero-order valence-electron chi connectivity index (χ0n) is 13.0. The molecule has 0 spiro atoms. The van der Waals surface area contributed by atoms with Crippen molar-refractivity contribution in [2.75, 3.05) is 18.0 Å². The number of ether oxygens (including phenoxy) is 1. The Hall–Kier alpha value is -1.76. The van der Waals surface area contributed by atoms with E-state index in [4.69, 9.17) is 27.9 Å². The van der Waals surface area contributed by atoms with Crippen LogP contribution in [0.3, 0.4) is 0 Å². The van der Waals surface area contributed by atoms with Crippen LogP contribution in [0.4, 0.5) is 5.69 Å². The number of aryl methyl sites for hydroxylation is 1. The van der Waals surface area contributed by atoms with Gasteiger partial charge in [0.15, 0.2) is 0 Å². The van der Waals surface area contributed by atoms with E-state index in [9.17, 15) is 13.2 Å². The second-order valence-electron chi connectivity index (χ2n) is 5.00. The molecule has 2 rings (SSSR count). The maximum absolute atomic E-state index is 13.0. The molecular weight excluding hydrogens is 373 g/mol. The maximum atomic E-state index is 13.0. The minimum Gasteiger partial charge on any atom is -0.495 e. The van der Waals surface area contributed by atoms with Crippen LogP contribution in [0.2, 0.25) is 5.02 Å². The molecule has 0 saturated heterocycles. The predicted octanol–water partition coefficient (Wildman–Crippen LogP) is 3.62. The average molecular weight is 388 g/mol. The summed E-state index contributed by atoms with van der Waals surface area (Å²) in [6, 6.07) is 10.8. The first-order valence-corrected chi connectivity index (χ1v) is 9.06. The van der Waals surface area contributed by atoms with Crippen molar-refractivity contribution in [1.29, 1.82) is 0 Å². The number of carbonyl (C=O) groups excluding carboxylic acids is 1. The van der Waals surface area contributed by atoms with Gasteiger partial charge in [0.05, 0.1) is 17.7 Å². The smallest absolute Gasteiger partial charge is 0.264 e. The highest BCUT2D eigenvalue weighted by Crippen LogP contribution is 2.34. The molecule has 5 nitrogen and oxygen atoms in total. The monoisotopic (exact) mass is 387 g/mol. The third-order valence-electron chi connectivity index (χ3n) is 3.29. The molecule has 2 aromatic rings. The lowest BCUT2D eigenvalue weighted by Crippen LogP contribution is -2.34. The van der Waals surface area contributed by atoms with E-state index in [0.717, 1.165) is 9.87 Å². The number of halogens is 2. The number of rotatable bonds is 6. The molecule has 0 N–H and O–H groups in total. The van der Waals surface area contributed by atoms with Crippen molar-refractivity contribution in [3.05, 3.63) is 53.1 Å². The summed E-state index contributed by atoms with van der Waals surface area (Å²) in [7, 11) is -2.63. The summed E-state index contributed by atoms with van der Waals surface area (Å²) in [4.78, 5) is 11.5. The van der Waals surface area contributed by atoms with Crippen LogP contribution in [-0.2, 0) is 14.8 Å². The van der Waals surface area contributed by atoms with Crippen molar-refractivity contribution >= 4 is 44.2 Å². The first-order chi connectivity index (χ1) is 11.3. The number of sulfonamides is 1. The quantitative estimate of drug-likeness (QED) is 0.710. The van der Waals surface area contributed by atoms with Gasteiger partial charge in [-0.1, -0.05) is 29.3 Å². The molecule has 0 aliphatic heterocycles. The predicted molar refractivity (Wildman–Crippen MR) is 94.6 cm³/mol. The van der Waals surface area contributed by atoms with Crippen LogP contribution >= 0.6 is 23.2 Å². The minimum atomic E-state index is -4.03. The Morgan fingerprint density at radius 2 is 1.79 bits per heavy atom. The Kier molecular flexibility index (Phi) is 5.74. The summed E-state index contributed by atoms with van der Waals surface area (Å²) < 4.78 is 32.0. The molecule has 0 aliphatic rings. The van der Waals surface area contributed by atoms with Crippen molar-refractivity contribution in [2.24, 2.45) is 0 Å². The molecule has 0 saturated carbocycles. The van der Waals surface area contributed by atoms with E-state index in [1.165, 1.54) is 31.4 Å². The van der Waals surface area contributed by atoms with Crippen LogP contribution in [0, 0.1) is 6.92 Å². The zero-order chi connectivity index (χ0) is 17.9. The number of hydrogen-bond acceptors (Lipinski definition) is 4. The fourth-order valence-electron chi connectivity index (χ4n) is 2.11. The number of anilines is 1. The lowest BCUT2D eigenvalue weighted by atomic mass is 10.2. The molecule has 0 unspecified atom stereocenters. The van der Waals surface area contributed by atoms with Crippen molar-refractivity contribution in [3.8, 4) is 5.75 Å². The molecule has 0 fully saturated rings. The number of nitrogens with zero attached hydrogens (tertiary/aromatic N) is 1. The van der Waals surface area contributed by atoms with Gasteiger partial charge in [-0.05, 0) is 48.9 Å². The fraction of sp³-hybridized carbons (Fsp3) is 0.188. The lowest BCUT2D eigenvalue weighted by molar-refractivity contribution is -0.110. The van der Waals surface area contributed by atoms with Crippen LogP contribution in [0.15, 0.2) is 47.4 Å². The van der Waals surface area contributed by atoms with E-state index in [1.807, 2.05) is 6.92 Å². The van der Waals surface area contributed by atoms with Crippen molar-refractivity contribution in [3.63, 3.8) is 0 Å². The standard InChI is InChI=1S/C16H15Cl2NO4S/c1-11-3-6-13(7-4-11)24(21,22)19(10-16(18)20)14-9-12(17)5-8-15(14)23-2/h3-9H,10H2,1-2H3. The molecule has 2 aromatic carbocycles. The number of hydrogen-bond donors (Lipinski definition) is 0. The highest BCUT2D eigenvalue weighted by molar-refractivity contribution is 7.92. The molecule has 24 heavy (non-hydrogen) atoms. The third-order valence-corrected chi connectivity index (χ3v) is 5.42. The molecular formula is C16H15Cl2NO4S. The van der Waals surface area contributed by atoms with Crippen LogP contribution in [-0.4, -0.2) is 27.3 Å². The SMILES string of the molecule is COc1ccc(Cl)cc1N(CC(=O)Cl)S(=O)(=O)c1ccc(C)cc1. The molecule has 0 bridgehead atoms. The molecule has 8 heteroatoms. The molecule has 0 aliphatic carbocycles. The maximum Gasteiger partial charge on any atom is 0.264 e. The van der Waals surface area contributed by atoms with E-state index in [1.54, 1.807) is 18.2 Å². The normalized spacial score (nSPS) is 11.2. The van der Waals surface area contributed by atoms with E-state index >= 15 is 0 Å². The van der Waals surface area contributed by atoms with Crippen LogP contribution in [0.1, 0.15) is 5.56 Å². The average Bonchev–Trinajstić information content (AvgIpc) is 2.52. The Morgan fingerprint density at radius 1 is 1.17 bits per heavy atom. The van der Waals surface area contributed by atoms with Gasteiger partial charge in [-0.3, -0.25) is 9.10 Å². The first kappa shape index (κ1) is 18.6. The highest BCUT2D eigenvalue weighted by Gasteiger charge is 2.29. The van der Waals surface area contributed by atoms with E-state index < -0.39 is 21.8 Å². The molecule has 0 radical (unpaired) electrons. The van der Waals surface area contributed by atoms with E-state index in [2.05, 4.69) is 0 Å². The van der Waals surface area contributed by atoms with Gasteiger partial charge in [0.25, 0.3) is 10.0 Å². The molecule has 0 amide bonds. The van der Waals surface area contributed by atoms with E-state index in [0.29, 0.717) is 5.02 Å². The van der Waals surface area contributed by atoms with Crippen molar-refractivity contribution in [1.82, 2.24) is 0 Å². The Morgan fingerprint density at radius 3 is 2.33 bits per heavy atom. The Balaban J connectivity index is 2.63. The number of methoxy groups -OCH3 is 1. The van der Waals surface area contributed by atoms with Gasteiger partial charge in [0, 0.05) is 5.02 Å². The summed E-state index contributed by atoms with van der Waals surface area (Å²) in [6.07, 6.45) is 0. The number of benzene rings is 2. The Bertz CT molecular complexity index is 851. The fourth-order valence-corrected chi connectivity index (χ4v) is 3.89. The second-order valence-corrected chi connectivity index (χ2v) is 7.72. The van der Waals surface area contributed by atoms with Crippen LogP contribution in [0.5, 0.6) is 5.75 Å². The molecule has 0 aromatic heterocycles. The largest absolute Gasteiger partial charge is 0.495 e. The summed E-state index contributed by atoms with van der Waals surface area (Å²) in [5, 5.41) is -0.523. The minimum absolute atomic E-state index is 0.0352. The highest BCUT2D eigenvalue weighted by atomic mass is 35.5. The van der Waals surface area contributed by atoms with Gasteiger partial charge >= 0.3 is 0 Å². The van der Waals surface area contributed by atoms with Gasteiger partial charge in [0.2, 0.25) is 5.24 Å². The third kappa shape index (κ3) is 4.01.